The van der Waals surface area contributed by atoms with Gasteiger partial charge in [-0.1, -0.05) is 24.3 Å². The van der Waals surface area contributed by atoms with Crippen LogP contribution in [-0.4, -0.2) is 22.2 Å². The van der Waals surface area contributed by atoms with Gasteiger partial charge in [0.25, 0.3) is 0 Å². The van der Waals surface area contributed by atoms with Crippen molar-refractivity contribution >= 4 is 11.9 Å². The number of benzene rings is 2. The van der Waals surface area contributed by atoms with Crippen molar-refractivity contribution in [2.75, 3.05) is 0 Å². The van der Waals surface area contributed by atoms with Crippen LogP contribution in [0.1, 0.15) is 31.8 Å². The second kappa shape index (κ2) is 9.84. The summed E-state index contributed by atoms with van der Waals surface area (Å²) in [6.45, 7) is 0. The smallest absolute Gasteiger partial charge is 0.337 e. The van der Waals surface area contributed by atoms with Gasteiger partial charge >= 0.3 is 11.9 Å². The molecule has 0 heterocycles. The molecule has 0 bridgehead atoms. The number of hydrogen-bond acceptors (Lipinski definition) is 4. The van der Waals surface area contributed by atoms with Gasteiger partial charge in [-0.3, -0.25) is 0 Å². The Morgan fingerprint density at radius 1 is 0.739 bits per heavy atom. The first-order valence-electron chi connectivity index (χ1n) is 5.96. The summed E-state index contributed by atoms with van der Waals surface area (Å²) in [4.78, 5) is 20.9. The summed E-state index contributed by atoms with van der Waals surface area (Å²) in [6, 6.07) is 15.8. The summed E-state index contributed by atoms with van der Waals surface area (Å²) in [7, 11) is 0. The third-order valence-corrected chi connectivity index (χ3v) is 2.56. The average Bonchev–Trinajstić information content (AvgIpc) is 2.55. The van der Waals surface area contributed by atoms with E-state index >= 15 is 0 Å². The first-order chi connectivity index (χ1) is 10.5. The van der Waals surface area contributed by atoms with E-state index in [1.54, 1.807) is 36.4 Å². The standard InChI is InChI=1S/2C8H5NO2.Zn/c2*9-5-6-3-1-2-4-7(6)8(10)11;/h2*1-4H,(H,10,11);. The summed E-state index contributed by atoms with van der Waals surface area (Å²) in [5.41, 5.74) is 0.491. The number of aromatic carboxylic acids is 2. The largest absolute Gasteiger partial charge is 0.478 e. The minimum absolute atomic E-state index is 0. The fourth-order valence-electron chi connectivity index (χ4n) is 1.53. The van der Waals surface area contributed by atoms with Crippen molar-refractivity contribution in [3.63, 3.8) is 0 Å². The molecule has 7 heteroatoms. The van der Waals surface area contributed by atoms with E-state index in [2.05, 4.69) is 0 Å². The van der Waals surface area contributed by atoms with Crippen LogP contribution in [0.25, 0.3) is 0 Å². The zero-order chi connectivity index (χ0) is 16.5. The van der Waals surface area contributed by atoms with Gasteiger partial charge in [0.05, 0.1) is 22.3 Å². The van der Waals surface area contributed by atoms with Crippen molar-refractivity contribution in [3.05, 3.63) is 70.8 Å². The summed E-state index contributed by atoms with van der Waals surface area (Å²) in [5.74, 6) is -2.13. The third kappa shape index (κ3) is 5.70. The van der Waals surface area contributed by atoms with E-state index in [1.807, 2.05) is 0 Å². The van der Waals surface area contributed by atoms with Gasteiger partial charge in [0.2, 0.25) is 0 Å². The Morgan fingerprint density at radius 2 is 1.04 bits per heavy atom. The predicted octanol–water partition coefficient (Wildman–Crippen LogP) is 2.51. The van der Waals surface area contributed by atoms with Crippen molar-refractivity contribution in [2.24, 2.45) is 0 Å². The Balaban J connectivity index is 0.000000403. The van der Waals surface area contributed by atoms with Gasteiger partial charge in [-0.05, 0) is 24.3 Å². The first kappa shape index (κ1) is 20.0. The van der Waals surface area contributed by atoms with Crippen LogP contribution in [-0.2, 0) is 19.5 Å². The second-order valence-electron chi connectivity index (χ2n) is 3.93. The maximum Gasteiger partial charge on any atom is 0.337 e. The van der Waals surface area contributed by atoms with Gasteiger partial charge in [-0.15, -0.1) is 0 Å². The maximum absolute atomic E-state index is 10.4. The van der Waals surface area contributed by atoms with Gasteiger partial charge in [0, 0.05) is 19.5 Å². The van der Waals surface area contributed by atoms with E-state index in [-0.39, 0.29) is 41.7 Å². The molecule has 0 atom stereocenters. The van der Waals surface area contributed by atoms with E-state index in [0.29, 0.717) is 0 Å². The van der Waals surface area contributed by atoms with E-state index in [4.69, 9.17) is 20.7 Å². The van der Waals surface area contributed by atoms with Crippen molar-refractivity contribution in [1.29, 1.82) is 10.5 Å². The van der Waals surface area contributed by atoms with Gasteiger partial charge < -0.3 is 10.2 Å². The van der Waals surface area contributed by atoms with Gasteiger partial charge in [-0.2, -0.15) is 10.5 Å². The van der Waals surface area contributed by atoms with Crippen molar-refractivity contribution < 1.29 is 39.3 Å². The number of nitrogens with zero attached hydrogens (tertiary/aromatic N) is 2. The van der Waals surface area contributed by atoms with Gasteiger partial charge in [0.1, 0.15) is 12.1 Å². The molecule has 23 heavy (non-hydrogen) atoms. The topological polar surface area (TPSA) is 122 Å². The average molecular weight is 360 g/mol. The molecule has 0 aliphatic heterocycles. The molecule has 0 fully saturated rings. The zero-order valence-electron chi connectivity index (χ0n) is 11.9. The van der Waals surface area contributed by atoms with Gasteiger partial charge in [0.15, 0.2) is 0 Å². The third-order valence-electron chi connectivity index (χ3n) is 2.56. The predicted molar refractivity (Wildman–Crippen MR) is 76.2 cm³/mol. The Bertz CT molecular complexity index is 724. The number of nitriles is 2. The monoisotopic (exact) mass is 358 g/mol. The van der Waals surface area contributed by atoms with Crippen LogP contribution in [0.4, 0.5) is 0 Å². The Hall–Kier alpha value is -3.02. The van der Waals surface area contributed by atoms with Crippen molar-refractivity contribution in [2.45, 2.75) is 0 Å². The number of hydrogen-bond donors (Lipinski definition) is 2. The summed E-state index contributed by atoms with van der Waals surface area (Å²) < 4.78 is 0. The number of carboxylic acids is 2. The molecule has 6 nitrogen and oxygen atoms in total. The molecule has 0 saturated heterocycles. The molecule has 2 aromatic carbocycles. The molecular weight excluding hydrogens is 350 g/mol. The summed E-state index contributed by atoms with van der Waals surface area (Å²) in [6.07, 6.45) is 0. The fraction of sp³-hybridized carbons (Fsp3) is 0. The Morgan fingerprint density at radius 3 is 1.26 bits per heavy atom. The molecule has 2 N–H and O–H groups in total. The van der Waals surface area contributed by atoms with Crippen LogP contribution in [0.15, 0.2) is 48.5 Å². The number of carboxylic acid groups (broad SMARTS) is 2. The van der Waals surface area contributed by atoms with Crippen LogP contribution in [0.5, 0.6) is 0 Å². The Labute approximate surface area is 145 Å². The first-order valence-corrected chi connectivity index (χ1v) is 5.96. The van der Waals surface area contributed by atoms with E-state index < -0.39 is 11.9 Å². The molecule has 2 rings (SSSR count). The molecule has 0 unspecified atom stereocenters. The second-order valence-corrected chi connectivity index (χ2v) is 3.93. The molecule has 0 spiro atoms. The Kier molecular flexibility index (Phi) is 8.55. The zero-order valence-corrected chi connectivity index (χ0v) is 14.9. The van der Waals surface area contributed by atoms with E-state index in [0.717, 1.165) is 0 Å². The minimum Gasteiger partial charge on any atom is -0.478 e. The van der Waals surface area contributed by atoms with Crippen LogP contribution in [0.3, 0.4) is 0 Å². The minimum atomic E-state index is -1.07. The SMILES string of the molecule is N#Cc1ccccc1C(=O)O.N#Cc1ccccc1C(=O)O.[Zn]. The normalized spacial score (nSPS) is 8.26. The van der Waals surface area contributed by atoms with Crippen LogP contribution in [0, 0.1) is 22.7 Å². The molecule has 0 aliphatic rings. The quantitative estimate of drug-likeness (QED) is 0.794. The molecular formula is C16H10N2O4Zn. The maximum atomic E-state index is 10.4. The van der Waals surface area contributed by atoms with Crippen LogP contribution < -0.4 is 0 Å². The molecule has 2 aromatic rings. The summed E-state index contributed by atoms with van der Waals surface area (Å²) >= 11 is 0. The van der Waals surface area contributed by atoms with Crippen molar-refractivity contribution in [1.82, 2.24) is 0 Å². The molecule has 0 aliphatic carbocycles. The summed E-state index contributed by atoms with van der Waals surface area (Å²) in [5, 5.41) is 34.0. The van der Waals surface area contributed by atoms with Crippen molar-refractivity contribution in [3.8, 4) is 12.1 Å². The molecule has 0 aromatic heterocycles. The van der Waals surface area contributed by atoms with Crippen LogP contribution >= 0.6 is 0 Å². The molecule has 0 amide bonds. The van der Waals surface area contributed by atoms with Crippen LogP contribution in [0.2, 0.25) is 0 Å². The van der Waals surface area contributed by atoms with E-state index in [1.165, 1.54) is 24.3 Å². The molecule has 0 saturated carbocycles. The molecule has 0 radical (unpaired) electrons. The number of carbonyl (C=O) groups is 2. The fourth-order valence-corrected chi connectivity index (χ4v) is 1.53. The van der Waals surface area contributed by atoms with E-state index in [9.17, 15) is 9.59 Å². The number of rotatable bonds is 2. The van der Waals surface area contributed by atoms with Gasteiger partial charge in [-0.25, -0.2) is 9.59 Å². The molecule has 110 valence electrons.